The third-order valence-corrected chi connectivity index (χ3v) is 9.64. The molecule has 0 radical (unpaired) electrons. The maximum atomic E-state index is 13.7. The minimum absolute atomic E-state index is 0.0209. The van der Waals surface area contributed by atoms with E-state index in [2.05, 4.69) is 4.72 Å². The molecule has 1 aliphatic rings. The van der Waals surface area contributed by atoms with E-state index in [-0.39, 0.29) is 37.5 Å². The number of carbonyl (C=O) groups is 1. The number of carbonyl (C=O) groups excluding carboxylic acids is 1. The van der Waals surface area contributed by atoms with Crippen LogP contribution in [0.4, 0.5) is 0 Å². The van der Waals surface area contributed by atoms with E-state index in [4.69, 9.17) is 4.74 Å². The van der Waals surface area contributed by atoms with Crippen molar-refractivity contribution in [3.63, 3.8) is 0 Å². The quantitative estimate of drug-likeness (QED) is 0.528. The van der Waals surface area contributed by atoms with E-state index in [1.54, 1.807) is 51.1 Å². The summed E-state index contributed by atoms with van der Waals surface area (Å²) < 4.78 is 60.3. The van der Waals surface area contributed by atoms with Crippen molar-refractivity contribution in [2.75, 3.05) is 39.5 Å². The van der Waals surface area contributed by atoms with Gasteiger partial charge in [-0.3, -0.25) is 4.79 Å². The molecule has 2 aromatic rings. The third-order valence-electron chi connectivity index (χ3n) is 6.58. The normalized spacial score (nSPS) is 15.7. The summed E-state index contributed by atoms with van der Waals surface area (Å²) in [5.41, 5.74) is 2.69. The smallest absolute Gasteiger partial charge is 0.241 e. The van der Waals surface area contributed by atoms with E-state index in [1.165, 1.54) is 16.3 Å². The van der Waals surface area contributed by atoms with Crippen LogP contribution in [-0.4, -0.2) is 77.5 Å². The van der Waals surface area contributed by atoms with Crippen LogP contribution in [-0.2, 0) is 31.3 Å². The molecule has 0 bridgehead atoms. The molecule has 1 aliphatic heterocycles. The topological polar surface area (TPSA) is 137 Å². The van der Waals surface area contributed by atoms with Crippen LogP contribution in [0.2, 0.25) is 0 Å². The van der Waals surface area contributed by atoms with Gasteiger partial charge in [0.05, 0.1) is 29.9 Å². The van der Waals surface area contributed by atoms with Crippen molar-refractivity contribution >= 4 is 26.0 Å². The molecule has 12 heteroatoms. The number of nitrogens with one attached hydrogen (secondary N) is 1. The summed E-state index contributed by atoms with van der Waals surface area (Å²) in [5, 5.41) is 9.26. The predicted molar refractivity (Wildman–Crippen MR) is 139 cm³/mol. The molecule has 1 amide bonds. The summed E-state index contributed by atoms with van der Waals surface area (Å²) in [4.78, 5) is 15.2. The van der Waals surface area contributed by atoms with Gasteiger partial charge in [0.1, 0.15) is 11.8 Å². The van der Waals surface area contributed by atoms with Gasteiger partial charge in [-0.25, -0.2) is 16.8 Å². The highest BCUT2D eigenvalue weighted by atomic mass is 32.2. The third kappa shape index (κ3) is 6.48. The van der Waals surface area contributed by atoms with E-state index >= 15 is 0 Å². The number of nitrogens with zero attached hydrogens (tertiary/aromatic N) is 3. The summed E-state index contributed by atoms with van der Waals surface area (Å²) in [7, 11) is -6.02. The molecule has 10 nitrogen and oxygen atoms in total. The number of nitriles is 1. The second-order valence-electron chi connectivity index (χ2n) is 9.15. The molecule has 0 aromatic heterocycles. The number of piperazine rings is 1. The Morgan fingerprint density at radius 1 is 1.08 bits per heavy atom. The van der Waals surface area contributed by atoms with Crippen LogP contribution in [0.1, 0.15) is 27.8 Å². The molecule has 1 fully saturated rings. The minimum Gasteiger partial charge on any atom is -0.496 e. The Morgan fingerprint density at radius 2 is 1.73 bits per heavy atom. The molecule has 1 N–H and O–H groups in total. The highest BCUT2D eigenvalue weighted by molar-refractivity contribution is 7.89. The van der Waals surface area contributed by atoms with Gasteiger partial charge in [-0.2, -0.15) is 14.3 Å². The molecule has 1 unspecified atom stereocenters. The van der Waals surface area contributed by atoms with Crippen molar-refractivity contribution in [2.24, 2.45) is 0 Å². The zero-order chi connectivity index (χ0) is 27.5. The Labute approximate surface area is 218 Å². The molecule has 0 aliphatic carbocycles. The summed E-state index contributed by atoms with van der Waals surface area (Å²) in [5.74, 6) is 0.110. The molecule has 200 valence electrons. The first-order chi connectivity index (χ1) is 17.3. The Hall–Kier alpha value is -2.98. The second kappa shape index (κ2) is 11.2. The van der Waals surface area contributed by atoms with Gasteiger partial charge < -0.3 is 9.64 Å². The number of sulfonamides is 2. The Balaban J connectivity index is 1.96. The molecule has 0 saturated carbocycles. The van der Waals surface area contributed by atoms with Crippen LogP contribution in [0.25, 0.3) is 0 Å². The molecule has 3 rings (SSSR count). The van der Waals surface area contributed by atoms with Gasteiger partial charge in [0.25, 0.3) is 0 Å². The fourth-order valence-electron chi connectivity index (χ4n) is 4.54. The highest BCUT2D eigenvalue weighted by Gasteiger charge is 2.34. The number of aryl methyl sites for hydroxylation is 1. The molecule has 1 saturated heterocycles. The lowest BCUT2D eigenvalue weighted by molar-refractivity contribution is -0.134. The van der Waals surface area contributed by atoms with Crippen molar-refractivity contribution in [3.8, 4) is 11.8 Å². The van der Waals surface area contributed by atoms with E-state index in [0.717, 1.165) is 6.26 Å². The van der Waals surface area contributed by atoms with Crippen LogP contribution in [0.3, 0.4) is 0 Å². The molecule has 37 heavy (non-hydrogen) atoms. The first-order valence-corrected chi connectivity index (χ1v) is 15.0. The summed E-state index contributed by atoms with van der Waals surface area (Å²) in [6, 6.07) is 9.18. The van der Waals surface area contributed by atoms with E-state index in [9.17, 15) is 26.9 Å². The molecule has 1 heterocycles. The van der Waals surface area contributed by atoms with Crippen LogP contribution < -0.4 is 9.46 Å². The lowest BCUT2D eigenvalue weighted by Gasteiger charge is -2.35. The molecule has 0 spiro atoms. The lowest BCUT2D eigenvalue weighted by atomic mass is 10.0. The zero-order valence-corrected chi connectivity index (χ0v) is 23.2. The van der Waals surface area contributed by atoms with Gasteiger partial charge in [0.2, 0.25) is 26.0 Å². The van der Waals surface area contributed by atoms with Crippen LogP contribution >= 0.6 is 0 Å². The zero-order valence-electron chi connectivity index (χ0n) is 21.6. The number of amides is 1. The number of benzene rings is 2. The monoisotopic (exact) mass is 548 g/mol. The second-order valence-corrected chi connectivity index (χ2v) is 12.8. The summed E-state index contributed by atoms with van der Waals surface area (Å²) in [6.07, 6.45) is 1.14. The molecular weight excluding hydrogens is 516 g/mol. The minimum atomic E-state index is -4.15. The van der Waals surface area contributed by atoms with Crippen molar-refractivity contribution < 1.29 is 26.4 Å². The van der Waals surface area contributed by atoms with Crippen molar-refractivity contribution in [1.29, 1.82) is 5.26 Å². The predicted octanol–water partition coefficient (Wildman–Crippen LogP) is 1.49. The van der Waals surface area contributed by atoms with Crippen LogP contribution in [0.5, 0.6) is 5.75 Å². The maximum absolute atomic E-state index is 13.7. The van der Waals surface area contributed by atoms with E-state index in [1.807, 2.05) is 6.07 Å². The average Bonchev–Trinajstić information content (AvgIpc) is 2.84. The van der Waals surface area contributed by atoms with Crippen molar-refractivity contribution in [1.82, 2.24) is 13.9 Å². The Kier molecular flexibility index (Phi) is 8.64. The van der Waals surface area contributed by atoms with Gasteiger partial charge in [-0.15, -0.1) is 0 Å². The SMILES string of the molecule is COc1cc(C)c(S(=O)(=O)NC(Cc2cccc(C#N)c2)C(=O)N2CCN(S(C)(=O)=O)CC2)c(C)c1C. The summed E-state index contributed by atoms with van der Waals surface area (Å²) >= 11 is 0. The standard InChI is InChI=1S/C25H32N4O6S2/c1-17-13-23(35-4)18(2)19(3)24(17)37(33,34)27-22(15-20-7-6-8-21(14-20)16-26)25(30)28-9-11-29(12-10-28)36(5,31)32/h6-8,13-14,22,27H,9-12,15H2,1-5H3. The number of ether oxygens (including phenoxy) is 1. The van der Waals surface area contributed by atoms with E-state index in [0.29, 0.717) is 33.6 Å². The van der Waals surface area contributed by atoms with Crippen LogP contribution in [0, 0.1) is 32.1 Å². The fraction of sp³-hybridized carbons (Fsp3) is 0.440. The highest BCUT2D eigenvalue weighted by Crippen LogP contribution is 2.30. The number of hydrogen-bond donors (Lipinski definition) is 1. The molecule has 1 atom stereocenters. The van der Waals surface area contributed by atoms with Crippen molar-refractivity contribution in [3.05, 3.63) is 58.1 Å². The maximum Gasteiger partial charge on any atom is 0.241 e. The molecule has 2 aromatic carbocycles. The number of methoxy groups -OCH3 is 1. The number of rotatable bonds is 8. The van der Waals surface area contributed by atoms with Crippen molar-refractivity contribution in [2.45, 2.75) is 38.1 Å². The fourth-order valence-corrected chi connectivity index (χ4v) is 7.08. The number of hydrogen-bond acceptors (Lipinski definition) is 7. The van der Waals surface area contributed by atoms with Gasteiger partial charge in [0, 0.05) is 26.2 Å². The van der Waals surface area contributed by atoms with Gasteiger partial charge in [-0.05, 0) is 67.6 Å². The Morgan fingerprint density at radius 3 is 2.30 bits per heavy atom. The molecular formula is C25H32N4O6S2. The van der Waals surface area contributed by atoms with E-state index < -0.39 is 32.0 Å². The average molecular weight is 549 g/mol. The first kappa shape index (κ1) is 28.6. The van der Waals surface area contributed by atoms with Crippen LogP contribution in [0.15, 0.2) is 35.2 Å². The lowest BCUT2D eigenvalue weighted by Crippen LogP contribution is -2.56. The Bertz CT molecular complexity index is 1440. The first-order valence-electron chi connectivity index (χ1n) is 11.7. The summed E-state index contributed by atoms with van der Waals surface area (Å²) in [6.45, 7) is 5.67. The largest absolute Gasteiger partial charge is 0.496 e. The van der Waals surface area contributed by atoms with Gasteiger partial charge >= 0.3 is 0 Å². The van der Waals surface area contributed by atoms with Gasteiger partial charge in [0.15, 0.2) is 0 Å². The van der Waals surface area contributed by atoms with Gasteiger partial charge in [-0.1, -0.05) is 12.1 Å².